The number of carbonyl (C=O) groups is 1. The average Bonchev–Trinajstić information content (AvgIpc) is 3.02. The third kappa shape index (κ3) is 2.46. The highest BCUT2D eigenvalue weighted by atomic mass is 35.5. The third-order valence-corrected chi connectivity index (χ3v) is 4.22. The Labute approximate surface area is 133 Å². The van der Waals surface area contributed by atoms with Crippen LogP contribution in [0, 0.1) is 0 Å². The predicted molar refractivity (Wildman–Crippen MR) is 81.3 cm³/mol. The van der Waals surface area contributed by atoms with E-state index in [0.29, 0.717) is 23.6 Å². The van der Waals surface area contributed by atoms with E-state index in [1.165, 1.54) is 0 Å². The fraction of sp³-hybridized carbons (Fsp3) is 0.429. The molecule has 1 aromatic heterocycles. The van der Waals surface area contributed by atoms with Crippen LogP contribution in [-0.2, 0) is 0 Å². The van der Waals surface area contributed by atoms with Crippen LogP contribution in [0.4, 0.5) is 0 Å². The number of tetrazole rings is 1. The van der Waals surface area contributed by atoms with Crippen LogP contribution in [0.5, 0.6) is 5.75 Å². The van der Waals surface area contributed by atoms with Crippen LogP contribution in [-0.4, -0.2) is 45.1 Å². The minimum absolute atomic E-state index is 0. The molecule has 0 saturated carbocycles. The highest BCUT2D eigenvalue weighted by Crippen LogP contribution is 2.39. The normalized spacial score (nSPS) is 19.2. The summed E-state index contributed by atoms with van der Waals surface area (Å²) in [6.45, 7) is 1.79. The highest BCUT2D eigenvalue weighted by Gasteiger charge is 2.41. The molecule has 4 rings (SSSR count). The number of ketones is 1. The molecule has 2 aliphatic rings. The van der Waals surface area contributed by atoms with Crippen molar-refractivity contribution in [3.63, 3.8) is 0 Å². The number of H-pyrrole nitrogens is 1. The molecule has 116 valence electrons. The van der Waals surface area contributed by atoms with Crippen molar-refractivity contribution in [3.05, 3.63) is 23.8 Å². The van der Waals surface area contributed by atoms with Gasteiger partial charge in [0.15, 0.2) is 11.6 Å². The summed E-state index contributed by atoms with van der Waals surface area (Å²) in [5.41, 5.74) is 1.08. The second-order valence-corrected chi connectivity index (χ2v) is 5.60. The van der Waals surface area contributed by atoms with Crippen molar-refractivity contribution in [2.45, 2.75) is 24.9 Å². The smallest absolute Gasteiger partial charge is 0.179 e. The van der Waals surface area contributed by atoms with Gasteiger partial charge in [-0.05, 0) is 41.7 Å². The van der Waals surface area contributed by atoms with Crippen molar-refractivity contribution >= 4 is 18.2 Å². The quantitative estimate of drug-likeness (QED) is 0.824. The Morgan fingerprint density at radius 3 is 2.77 bits per heavy atom. The number of ether oxygens (including phenoxy) is 1. The van der Waals surface area contributed by atoms with Crippen LogP contribution in [0.1, 0.15) is 29.6 Å². The second-order valence-electron chi connectivity index (χ2n) is 5.60. The van der Waals surface area contributed by atoms with Gasteiger partial charge in [0.25, 0.3) is 0 Å². The zero-order chi connectivity index (χ0) is 14.3. The van der Waals surface area contributed by atoms with Gasteiger partial charge in [0, 0.05) is 18.4 Å². The molecule has 2 aliphatic heterocycles. The van der Waals surface area contributed by atoms with Crippen LogP contribution in [0.25, 0.3) is 11.4 Å². The van der Waals surface area contributed by atoms with E-state index in [9.17, 15) is 4.79 Å². The minimum Gasteiger partial charge on any atom is -0.486 e. The Bertz CT molecular complexity index is 683. The summed E-state index contributed by atoms with van der Waals surface area (Å²) < 4.78 is 6.18. The number of piperidine rings is 1. The first-order valence-corrected chi connectivity index (χ1v) is 7.07. The molecular formula is C14H16ClN5O2. The van der Waals surface area contributed by atoms with Gasteiger partial charge in [-0.3, -0.25) is 4.79 Å². The molecule has 1 saturated heterocycles. The Morgan fingerprint density at radius 2 is 2.05 bits per heavy atom. The highest BCUT2D eigenvalue weighted by molar-refractivity contribution is 6.01. The Hall–Kier alpha value is -1.99. The van der Waals surface area contributed by atoms with E-state index < -0.39 is 0 Å². The van der Waals surface area contributed by atoms with Crippen LogP contribution >= 0.6 is 12.4 Å². The molecule has 0 atom stereocenters. The minimum atomic E-state index is -0.329. The zero-order valence-electron chi connectivity index (χ0n) is 11.8. The first-order valence-electron chi connectivity index (χ1n) is 7.07. The fourth-order valence-corrected chi connectivity index (χ4v) is 3.08. The molecule has 0 amide bonds. The van der Waals surface area contributed by atoms with E-state index >= 15 is 0 Å². The van der Waals surface area contributed by atoms with Gasteiger partial charge in [-0.25, -0.2) is 5.10 Å². The van der Waals surface area contributed by atoms with Gasteiger partial charge in [0.1, 0.15) is 11.4 Å². The molecule has 0 bridgehead atoms. The lowest BCUT2D eigenvalue weighted by molar-refractivity contribution is 0.0188. The van der Waals surface area contributed by atoms with E-state index in [0.717, 1.165) is 31.5 Å². The molecule has 2 aromatic rings. The number of hydrogen-bond acceptors (Lipinski definition) is 6. The lowest BCUT2D eigenvalue weighted by Crippen LogP contribution is -2.49. The van der Waals surface area contributed by atoms with Gasteiger partial charge < -0.3 is 10.1 Å². The summed E-state index contributed by atoms with van der Waals surface area (Å²) in [6, 6.07) is 5.51. The molecule has 0 unspecified atom stereocenters. The summed E-state index contributed by atoms with van der Waals surface area (Å²) in [5, 5.41) is 17.0. The summed E-state index contributed by atoms with van der Waals surface area (Å²) in [4.78, 5) is 12.5. The lowest BCUT2D eigenvalue weighted by Gasteiger charge is -2.40. The van der Waals surface area contributed by atoms with Gasteiger partial charge in [0.2, 0.25) is 0 Å². The Balaban J connectivity index is 0.00000144. The molecule has 1 fully saturated rings. The molecule has 0 aliphatic carbocycles. The van der Waals surface area contributed by atoms with Crippen LogP contribution in [0.15, 0.2) is 18.2 Å². The molecule has 1 aromatic carbocycles. The maximum Gasteiger partial charge on any atom is 0.179 e. The maximum absolute atomic E-state index is 12.5. The Morgan fingerprint density at radius 1 is 1.23 bits per heavy atom. The largest absolute Gasteiger partial charge is 0.486 e. The zero-order valence-corrected chi connectivity index (χ0v) is 12.7. The van der Waals surface area contributed by atoms with Gasteiger partial charge in [-0.1, -0.05) is 0 Å². The van der Waals surface area contributed by atoms with E-state index in [1.807, 2.05) is 12.1 Å². The first-order chi connectivity index (χ1) is 10.3. The van der Waals surface area contributed by atoms with Gasteiger partial charge in [-0.15, -0.1) is 17.5 Å². The number of aromatic nitrogens is 4. The third-order valence-electron chi connectivity index (χ3n) is 4.22. The maximum atomic E-state index is 12.5. The molecular weight excluding hydrogens is 306 g/mol. The first kappa shape index (κ1) is 14.9. The second kappa shape index (κ2) is 5.66. The standard InChI is InChI=1S/C14H15N5O2.ClH/c20-11-8-14(3-5-15-6-4-14)21-12-2-1-9(7-10(11)12)13-16-18-19-17-13;/h1-2,7,15H,3-6,8H2,(H,16,17,18,19);1H. The van der Waals surface area contributed by atoms with Crippen LogP contribution in [0.3, 0.4) is 0 Å². The summed E-state index contributed by atoms with van der Waals surface area (Å²) in [5.74, 6) is 1.35. The lowest BCUT2D eigenvalue weighted by atomic mass is 9.83. The molecule has 3 heterocycles. The van der Waals surface area contributed by atoms with Crippen molar-refractivity contribution in [1.82, 2.24) is 25.9 Å². The van der Waals surface area contributed by atoms with E-state index in [4.69, 9.17) is 4.74 Å². The molecule has 1 spiro atoms. The number of rotatable bonds is 1. The number of halogens is 1. The number of fused-ring (bicyclic) bond motifs is 1. The number of carbonyl (C=O) groups excluding carboxylic acids is 1. The molecule has 7 nitrogen and oxygen atoms in total. The number of benzene rings is 1. The number of nitrogens with one attached hydrogen (secondary N) is 2. The summed E-state index contributed by atoms with van der Waals surface area (Å²) >= 11 is 0. The Kier molecular flexibility index (Phi) is 3.84. The van der Waals surface area contributed by atoms with Crippen LogP contribution < -0.4 is 10.1 Å². The van der Waals surface area contributed by atoms with Gasteiger partial charge >= 0.3 is 0 Å². The molecule has 2 N–H and O–H groups in total. The van der Waals surface area contributed by atoms with E-state index in [2.05, 4.69) is 25.9 Å². The van der Waals surface area contributed by atoms with E-state index in [-0.39, 0.29) is 23.8 Å². The van der Waals surface area contributed by atoms with Crippen molar-refractivity contribution in [3.8, 4) is 17.1 Å². The number of hydrogen-bond donors (Lipinski definition) is 2. The monoisotopic (exact) mass is 321 g/mol. The van der Waals surface area contributed by atoms with Crippen LogP contribution in [0.2, 0.25) is 0 Å². The van der Waals surface area contributed by atoms with E-state index in [1.54, 1.807) is 6.07 Å². The molecule has 8 heteroatoms. The topological polar surface area (TPSA) is 92.8 Å². The van der Waals surface area contributed by atoms with Gasteiger partial charge in [0.05, 0.1) is 12.0 Å². The number of nitrogens with zero attached hydrogens (tertiary/aromatic N) is 3. The molecule has 22 heavy (non-hydrogen) atoms. The van der Waals surface area contributed by atoms with Crippen molar-refractivity contribution < 1.29 is 9.53 Å². The van der Waals surface area contributed by atoms with Crippen molar-refractivity contribution in [1.29, 1.82) is 0 Å². The number of aromatic amines is 1. The summed E-state index contributed by atoms with van der Waals surface area (Å²) in [6.07, 6.45) is 2.18. The number of Topliss-reactive ketones (excluding diaryl/α,β-unsaturated/α-hetero) is 1. The summed E-state index contributed by atoms with van der Waals surface area (Å²) in [7, 11) is 0. The van der Waals surface area contributed by atoms with Crippen molar-refractivity contribution in [2.75, 3.05) is 13.1 Å². The fourth-order valence-electron chi connectivity index (χ4n) is 3.08. The average molecular weight is 322 g/mol. The SMILES string of the molecule is Cl.O=C1CC2(CCNCC2)Oc2ccc(-c3nnn[nH]3)cc21. The predicted octanol–water partition coefficient (Wildman–Crippen LogP) is 1.38. The van der Waals surface area contributed by atoms with Crippen molar-refractivity contribution in [2.24, 2.45) is 0 Å². The van der Waals surface area contributed by atoms with Gasteiger partial charge in [-0.2, -0.15) is 0 Å². The molecule has 0 radical (unpaired) electrons.